The number of aromatic nitrogens is 15. The lowest BCUT2D eigenvalue weighted by atomic mass is 10.0. The predicted molar refractivity (Wildman–Crippen MR) is 377 cm³/mol. The van der Waals surface area contributed by atoms with Gasteiger partial charge in [-0.15, -0.1) is 0 Å². The van der Waals surface area contributed by atoms with E-state index in [0.717, 1.165) is 83.9 Å². The Morgan fingerprint density at radius 3 is 1.14 bits per heavy atom. The maximum absolute atomic E-state index is 14.4. The minimum Gasteiger partial charge on any atom is -0.360 e. The SMILES string of the molecule is CCC(Nc1ncnc2nc[nH]c12)c1cc2cccc(C)c2c(=O)n1-c1cc(C)cc(F)c1.CCC(Nc1ncnc2nc[nH]c12)c1cc2cccc(C)c2c(=O)n1-c1ccc(C)cc1.Cc1cc(F)cc(-n2c(C(C)Nc3ncnc4nc[nH]c34)cc3cccc(C)c3c2=O)c1. The first-order valence-corrected chi connectivity index (χ1v) is 31.7. The monoisotopic (exact) mass is 1290 g/mol. The minimum absolute atomic E-state index is 0.0194. The summed E-state index contributed by atoms with van der Waals surface area (Å²) in [5, 5.41) is 14.9. The van der Waals surface area contributed by atoms with Gasteiger partial charge in [-0.1, -0.05) is 86.1 Å². The average molecular weight is 1300 g/mol. The third-order valence-electron chi connectivity index (χ3n) is 17.3. The number of anilines is 3. The number of benzene rings is 6. The molecule has 0 amide bonds. The van der Waals surface area contributed by atoms with E-state index in [0.29, 0.717) is 79.7 Å². The molecule has 21 nitrogen and oxygen atoms in total. The second-order valence-electron chi connectivity index (χ2n) is 24.1. The van der Waals surface area contributed by atoms with Crippen LogP contribution in [0.2, 0.25) is 0 Å². The highest BCUT2D eigenvalue weighted by Gasteiger charge is 2.25. The molecule has 0 saturated heterocycles. The number of pyridine rings is 3. The normalized spacial score (nSPS) is 12.4. The summed E-state index contributed by atoms with van der Waals surface area (Å²) >= 11 is 0. The van der Waals surface area contributed by atoms with Crippen LogP contribution >= 0.6 is 0 Å². The van der Waals surface area contributed by atoms with Crippen LogP contribution < -0.4 is 32.6 Å². The highest BCUT2D eigenvalue weighted by Crippen LogP contribution is 2.33. The third kappa shape index (κ3) is 12.5. The molecular weight excluding hydrogens is 1230 g/mol. The van der Waals surface area contributed by atoms with Gasteiger partial charge in [0, 0.05) is 22.8 Å². The van der Waals surface area contributed by atoms with Crippen molar-refractivity contribution >= 4 is 83.3 Å². The van der Waals surface area contributed by atoms with Crippen LogP contribution in [-0.2, 0) is 0 Å². The highest BCUT2D eigenvalue weighted by atomic mass is 19.1. The van der Waals surface area contributed by atoms with E-state index in [1.807, 2.05) is 156 Å². The van der Waals surface area contributed by atoms with Gasteiger partial charge in [-0.2, -0.15) is 0 Å². The standard InChI is InChI=1S/C25H23FN6O.C25H24N6O.C24H21FN6O/c1-4-19(31-24-22-23(28-12-27-22)29-13-30-24)20-10-16-7-5-6-15(3)21(16)25(33)32(20)18-9-14(2)8-17(26)11-18;1-4-19(30-24-22-23(27-13-26-22)28-14-29-24)20-12-17-7-5-6-16(3)21(17)25(32)31(20)18-10-8-15(2)9-11-18;1-13-7-17(25)10-18(8-13)31-19(9-16-6-4-5-14(2)20(16)24(31)32)15(3)30-23-21-22(27-11-26-21)28-12-29-23/h5-13,19H,4H2,1-3H3,(H2,27,28,29,30,31);5-14,19H,4H2,1-3H3,(H2,26,27,28,29,30);4-12,15H,1-3H3,(H2,26,27,28,29,30). The first-order chi connectivity index (χ1) is 46.9. The molecule has 0 aliphatic rings. The molecule has 15 aromatic rings. The Labute approximate surface area is 553 Å². The van der Waals surface area contributed by atoms with Crippen molar-refractivity contribution < 1.29 is 8.78 Å². The molecule has 97 heavy (non-hydrogen) atoms. The van der Waals surface area contributed by atoms with Crippen molar-refractivity contribution in [3.8, 4) is 17.1 Å². The Morgan fingerprint density at radius 1 is 0.402 bits per heavy atom. The van der Waals surface area contributed by atoms with Gasteiger partial charge in [0.1, 0.15) is 47.2 Å². The molecule has 0 bridgehead atoms. The van der Waals surface area contributed by atoms with Gasteiger partial charge >= 0.3 is 0 Å². The van der Waals surface area contributed by atoms with Gasteiger partial charge in [0.2, 0.25) is 0 Å². The molecule has 3 atom stereocenters. The third-order valence-corrected chi connectivity index (χ3v) is 17.3. The van der Waals surface area contributed by atoms with Crippen molar-refractivity contribution in [2.75, 3.05) is 16.0 Å². The fraction of sp³-hybridized carbons (Fsp3) is 0.189. The molecule has 0 saturated carbocycles. The molecule has 0 fully saturated rings. The Morgan fingerprint density at radius 2 is 0.763 bits per heavy atom. The number of fused-ring (bicyclic) bond motifs is 6. The summed E-state index contributed by atoms with van der Waals surface area (Å²) in [5.41, 5.74) is 12.8. The number of halogens is 2. The van der Waals surface area contributed by atoms with E-state index >= 15 is 0 Å². The molecule has 9 aromatic heterocycles. The Bertz CT molecular complexity index is 5640. The van der Waals surface area contributed by atoms with Crippen molar-refractivity contribution in [1.29, 1.82) is 0 Å². The largest absolute Gasteiger partial charge is 0.360 e. The molecule has 23 heteroatoms. The second-order valence-corrected chi connectivity index (χ2v) is 24.1. The maximum Gasteiger partial charge on any atom is 0.263 e. The van der Waals surface area contributed by atoms with Crippen LogP contribution in [-0.4, -0.2) is 73.5 Å². The highest BCUT2D eigenvalue weighted by molar-refractivity contribution is 5.89. The van der Waals surface area contributed by atoms with Crippen molar-refractivity contribution in [3.63, 3.8) is 0 Å². The number of aromatic amines is 3. The number of aryl methyl sites for hydroxylation is 6. The summed E-state index contributed by atoms with van der Waals surface area (Å²) in [4.78, 5) is 88.7. The summed E-state index contributed by atoms with van der Waals surface area (Å²) in [5.74, 6) is 1.04. The quantitative estimate of drug-likeness (QED) is 0.0591. The van der Waals surface area contributed by atoms with E-state index < -0.39 is 5.82 Å². The molecule has 9 heterocycles. The summed E-state index contributed by atoms with van der Waals surface area (Å²) < 4.78 is 33.7. The molecule has 486 valence electrons. The van der Waals surface area contributed by atoms with E-state index in [1.54, 1.807) is 35.0 Å². The van der Waals surface area contributed by atoms with Crippen molar-refractivity contribution in [2.45, 2.75) is 93.3 Å². The molecule has 0 aliphatic heterocycles. The Hall–Kier alpha value is -12.1. The minimum atomic E-state index is -0.390. The zero-order chi connectivity index (χ0) is 67.8. The summed E-state index contributed by atoms with van der Waals surface area (Å²) in [6, 6.07) is 40.1. The van der Waals surface area contributed by atoms with E-state index in [9.17, 15) is 23.2 Å². The van der Waals surface area contributed by atoms with Gasteiger partial charge in [-0.25, -0.2) is 53.6 Å². The number of hydrogen-bond donors (Lipinski definition) is 6. The summed E-state index contributed by atoms with van der Waals surface area (Å²) in [6.45, 7) is 17.5. The molecule has 3 unspecified atom stereocenters. The van der Waals surface area contributed by atoms with Crippen molar-refractivity contribution in [3.05, 3.63) is 265 Å². The van der Waals surface area contributed by atoms with Crippen LogP contribution in [0.1, 0.15) is 102 Å². The van der Waals surface area contributed by atoms with E-state index in [-0.39, 0.29) is 40.6 Å². The lowest BCUT2D eigenvalue weighted by Crippen LogP contribution is -2.27. The molecular formula is C74H68F2N18O3. The van der Waals surface area contributed by atoms with Crippen LogP contribution in [0.3, 0.4) is 0 Å². The number of nitrogens with one attached hydrogen (secondary N) is 6. The van der Waals surface area contributed by atoms with Gasteiger partial charge in [0.05, 0.1) is 64.6 Å². The number of imidazole rings is 3. The number of H-pyrrole nitrogens is 3. The summed E-state index contributed by atoms with van der Waals surface area (Å²) in [7, 11) is 0. The first kappa shape index (κ1) is 63.6. The molecule has 0 aliphatic carbocycles. The van der Waals surface area contributed by atoms with E-state index in [4.69, 9.17) is 0 Å². The number of nitrogens with zero attached hydrogens (tertiary/aromatic N) is 12. The lowest BCUT2D eigenvalue weighted by molar-refractivity contribution is 0.622. The smallest absolute Gasteiger partial charge is 0.263 e. The van der Waals surface area contributed by atoms with Crippen molar-refractivity contribution in [1.82, 2.24) is 73.5 Å². The van der Waals surface area contributed by atoms with Gasteiger partial charge in [-0.05, 0) is 172 Å². The summed E-state index contributed by atoms with van der Waals surface area (Å²) in [6.07, 6.45) is 10.5. The van der Waals surface area contributed by atoms with Gasteiger partial charge in [-0.3, -0.25) is 28.1 Å². The zero-order valence-electron chi connectivity index (χ0n) is 54.7. The predicted octanol–water partition coefficient (Wildman–Crippen LogP) is 14.4. The lowest BCUT2D eigenvalue weighted by Gasteiger charge is -2.24. The van der Waals surface area contributed by atoms with Crippen molar-refractivity contribution in [2.24, 2.45) is 0 Å². The Balaban J connectivity index is 0.000000131. The van der Waals surface area contributed by atoms with E-state index in [1.165, 1.54) is 43.2 Å². The molecule has 15 rings (SSSR count). The van der Waals surface area contributed by atoms with Crippen LogP contribution in [0.5, 0.6) is 0 Å². The fourth-order valence-corrected chi connectivity index (χ4v) is 12.7. The van der Waals surface area contributed by atoms with Gasteiger partial charge in [0.15, 0.2) is 34.4 Å². The molecule has 0 spiro atoms. The second kappa shape index (κ2) is 26.7. The average Bonchev–Trinajstić information content (AvgIpc) is 1.42. The number of hydrogen-bond acceptors (Lipinski definition) is 15. The fourth-order valence-electron chi connectivity index (χ4n) is 12.7. The topological polar surface area (TPSA) is 265 Å². The molecule has 0 radical (unpaired) electrons. The number of rotatable bonds is 14. The Kier molecular flexibility index (Phi) is 17.5. The van der Waals surface area contributed by atoms with Crippen LogP contribution in [0, 0.1) is 53.2 Å². The maximum atomic E-state index is 14.4. The molecule has 6 N–H and O–H groups in total. The van der Waals surface area contributed by atoms with Crippen LogP contribution in [0.4, 0.5) is 26.2 Å². The van der Waals surface area contributed by atoms with Gasteiger partial charge < -0.3 is 30.9 Å². The van der Waals surface area contributed by atoms with E-state index in [2.05, 4.69) is 88.7 Å². The molecule has 6 aromatic carbocycles. The van der Waals surface area contributed by atoms with Gasteiger partial charge in [0.25, 0.3) is 16.7 Å². The van der Waals surface area contributed by atoms with Crippen LogP contribution in [0.25, 0.3) is 82.9 Å². The zero-order valence-corrected chi connectivity index (χ0v) is 54.7. The first-order valence-electron chi connectivity index (χ1n) is 31.7. The van der Waals surface area contributed by atoms with Crippen LogP contribution in [0.15, 0.2) is 186 Å².